The minimum Gasteiger partial charge on any atom is -0.497 e. The molecule has 0 spiro atoms. The number of hydrogen-bond donors (Lipinski definition) is 1. The van der Waals surface area contributed by atoms with E-state index < -0.39 is 5.97 Å². The van der Waals surface area contributed by atoms with Gasteiger partial charge in [-0.15, -0.1) is 0 Å². The standard InChI is InChI=1S/C31H35FO4.CH4/c1-20(2)15-23(17-30(33)34)22-8-10-24(11-9-22)36-19-21-7-13-28(31(3,4)5)26(16-21)27-18-25(35-6)12-14-29(27)32;/h7-16,18,23H,17,19H2,1-6H3,(H,33,34);1H4/t23-;/m0./s1. The van der Waals surface area contributed by atoms with Crippen LogP contribution in [0.25, 0.3) is 11.1 Å². The molecule has 5 heteroatoms. The van der Waals surface area contributed by atoms with Crippen molar-refractivity contribution < 1.29 is 23.8 Å². The first kappa shape index (κ1) is 29.6. The zero-order valence-corrected chi connectivity index (χ0v) is 21.9. The van der Waals surface area contributed by atoms with Crippen LogP contribution in [0.4, 0.5) is 4.39 Å². The average Bonchev–Trinajstić information content (AvgIpc) is 2.81. The second-order valence-electron chi connectivity index (χ2n) is 10.3. The molecule has 0 bridgehead atoms. The fourth-order valence-electron chi connectivity index (χ4n) is 4.24. The Hall–Kier alpha value is -3.60. The Labute approximate surface area is 220 Å². The van der Waals surface area contributed by atoms with Gasteiger partial charge >= 0.3 is 5.97 Å². The summed E-state index contributed by atoms with van der Waals surface area (Å²) in [7, 11) is 1.57. The number of hydrogen-bond acceptors (Lipinski definition) is 3. The van der Waals surface area contributed by atoms with Gasteiger partial charge in [0.25, 0.3) is 0 Å². The number of allylic oxidation sites excluding steroid dienone is 2. The fourth-order valence-corrected chi connectivity index (χ4v) is 4.24. The Balaban J connectivity index is 0.00000481. The monoisotopic (exact) mass is 506 g/mol. The first-order chi connectivity index (χ1) is 17.0. The summed E-state index contributed by atoms with van der Waals surface area (Å²) in [5, 5.41) is 9.26. The van der Waals surface area contributed by atoms with E-state index in [2.05, 4.69) is 20.8 Å². The number of ether oxygens (including phenoxy) is 2. The topological polar surface area (TPSA) is 55.8 Å². The number of carboxylic acids is 1. The van der Waals surface area contributed by atoms with Gasteiger partial charge in [-0.05, 0) is 77.9 Å². The van der Waals surface area contributed by atoms with Gasteiger partial charge in [0.15, 0.2) is 0 Å². The maximum Gasteiger partial charge on any atom is 0.304 e. The summed E-state index contributed by atoms with van der Waals surface area (Å²) in [5.74, 6) is -0.0461. The summed E-state index contributed by atoms with van der Waals surface area (Å²) in [6.45, 7) is 10.6. The molecular formula is C32H39FO4. The van der Waals surface area contributed by atoms with Crippen LogP contribution in [-0.2, 0) is 16.8 Å². The molecule has 1 atom stereocenters. The van der Waals surface area contributed by atoms with Gasteiger partial charge in [0.05, 0.1) is 13.5 Å². The highest BCUT2D eigenvalue weighted by atomic mass is 19.1. The molecule has 0 aromatic heterocycles. The number of halogens is 1. The molecule has 0 aliphatic carbocycles. The molecule has 0 fully saturated rings. The van der Waals surface area contributed by atoms with Crippen LogP contribution in [0, 0.1) is 5.82 Å². The van der Waals surface area contributed by atoms with Crippen molar-refractivity contribution in [1.29, 1.82) is 0 Å². The second kappa shape index (κ2) is 12.6. The molecule has 0 saturated heterocycles. The maximum atomic E-state index is 14.9. The molecule has 1 N–H and O–H groups in total. The largest absolute Gasteiger partial charge is 0.497 e. The van der Waals surface area contributed by atoms with Gasteiger partial charge in [-0.3, -0.25) is 4.79 Å². The molecule has 0 unspecified atom stereocenters. The summed E-state index contributed by atoms with van der Waals surface area (Å²) >= 11 is 0. The van der Waals surface area contributed by atoms with Crippen molar-refractivity contribution in [2.75, 3.05) is 7.11 Å². The van der Waals surface area contributed by atoms with E-state index in [0.717, 1.165) is 27.8 Å². The van der Waals surface area contributed by atoms with Gasteiger partial charge in [-0.1, -0.05) is 64.1 Å². The normalized spacial score (nSPS) is 11.8. The molecule has 0 saturated carbocycles. The predicted molar refractivity (Wildman–Crippen MR) is 149 cm³/mol. The molecule has 37 heavy (non-hydrogen) atoms. The van der Waals surface area contributed by atoms with Crippen molar-refractivity contribution in [1.82, 2.24) is 0 Å². The van der Waals surface area contributed by atoms with Crippen LogP contribution in [0.2, 0.25) is 0 Å². The highest BCUT2D eigenvalue weighted by Crippen LogP contribution is 2.37. The lowest BCUT2D eigenvalue weighted by Crippen LogP contribution is -2.13. The van der Waals surface area contributed by atoms with Gasteiger partial charge in [0.2, 0.25) is 0 Å². The second-order valence-corrected chi connectivity index (χ2v) is 10.3. The third-order valence-corrected chi connectivity index (χ3v) is 6.00. The number of carboxylic acid groups (broad SMARTS) is 1. The Morgan fingerprint density at radius 2 is 1.62 bits per heavy atom. The van der Waals surface area contributed by atoms with Crippen LogP contribution < -0.4 is 9.47 Å². The predicted octanol–water partition coefficient (Wildman–Crippen LogP) is 8.54. The van der Waals surface area contributed by atoms with Gasteiger partial charge in [-0.25, -0.2) is 4.39 Å². The van der Waals surface area contributed by atoms with E-state index in [9.17, 15) is 14.3 Å². The molecule has 0 amide bonds. The number of rotatable bonds is 9. The summed E-state index contributed by atoms with van der Waals surface area (Å²) in [6.07, 6.45) is 2.01. The van der Waals surface area contributed by atoms with E-state index in [1.165, 1.54) is 6.07 Å². The van der Waals surface area contributed by atoms with Gasteiger partial charge < -0.3 is 14.6 Å². The molecular weight excluding hydrogens is 467 g/mol. The number of aliphatic carboxylic acids is 1. The van der Waals surface area contributed by atoms with Gasteiger partial charge in [-0.2, -0.15) is 0 Å². The molecule has 0 aliphatic rings. The summed E-state index contributed by atoms with van der Waals surface area (Å²) in [5.41, 5.74) is 5.07. The van der Waals surface area contributed by atoms with Crippen molar-refractivity contribution >= 4 is 5.97 Å². The van der Waals surface area contributed by atoms with Crippen molar-refractivity contribution in [3.63, 3.8) is 0 Å². The van der Waals surface area contributed by atoms with E-state index in [-0.39, 0.29) is 31.0 Å². The van der Waals surface area contributed by atoms with Crippen LogP contribution in [0.1, 0.15) is 71.1 Å². The molecule has 198 valence electrons. The SMILES string of the molecule is C.COc1ccc(F)c(-c2cc(COc3ccc([C@@H](C=C(C)C)CC(=O)O)cc3)ccc2C(C)(C)C)c1. The lowest BCUT2D eigenvalue weighted by Gasteiger charge is -2.24. The zero-order chi connectivity index (χ0) is 26.5. The first-order valence-electron chi connectivity index (χ1n) is 12.0. The molecule has 0 heterocycles. The molecule has 4 nitrogen and oxygen atoms in total. The quantitative estimate of drug-likeness (QED) is 0.295. The summed E-state index contributed by atoms with van der Waals surface area (Å²) < 4.78 is 26.2. The Morgan fingerprint density at radius 3 is 2.19 bits per heavy atom. The fraction of sp³-hybridized carbons (Fsp3) is 0.344. The number of benzene rings is 3. The summed E-state index contributed by atoms with van der Waals surface area (Å²) in [6, 6.07) is 18.3. The van der Waals surface area contributed by atoms with E-state index >= 15 is 0 Å². The van der Waals surface area contributed by atoms with E-state index in [4.69, 9.17) is 9.47 Å². The van der Waals surface area contributed by atoms with Crippen molar-refractivity contribution in [3.05, 3.63) is 94.8 Å². The van der Waals surface area contributed by atoms with Crippen LogP contribution in [0.15, 0.2) is 72.3 Å². The van der Waals surface area contributed by atoms with Crippen molar-refractivity contribution in [3.8, 4) is 22.6 Å². The molecule has 3 aromatic rings. The Morgan fingerprint density at radius 1 is 0.973 bits per heavy atom. The average molecular weight is 507 g/mol. The lowest BCUT2D eigenvalue weighted by atomic mass is 9.81. The van der Waals surface area contributed by atoms with Crippen LogP contribution in [-0.4, -0.2) is 18.2 Å². The molecule has 0 radical (unpaired) electrons. The van der Waals surface area contributed by atoms with Gasteiger partial charge in [0.1, 0.15) is 23.9 Å². The van der Waals surface area contributed by atoms with E-state index in [1.807, 2.05) is 62.4 Å². The minimum absolute atomic E-state index is 0. The number of methoxy groups -OCH3 is 1. The maximum absolute atomic E-state index is 14.9. The highest BCUT2D eigenvalue weighted by molar-refractivity contribution is 5.71. The van der Waals surface area contributed by atoms with E-state index in [0.29, 0.717) is 23.7 Å². The lowest BCUT2D eigenvalue weighted by molar-refractivity contribution is -0.137. The molecule has 3 rings (SSSR count). The minimum atomic E-state index is -0.834. The van der Waals surface area contributed by atoms with Crippen LogP contribution in [0.3, 0.4) is 0 Å². The molecule has 0 aliphatic heterocycles. The smallest absolute Gasteiger partial charge is 0.304 e. The zero-order valence-electron chi connectivity index (χ0n) is 21.9. The van der Waals surface area contributed by atoms with Gasteiger partial charge in [0, 0.05) is 11.5 Å². The highest BCUT2D eigenvalue weighted by Gasteiger charge is 2.21. The Kier molecular flexibility index (Phi) is 10.1. The third-order valence-electron chi connectivity index (χ3n) is 6.00. The van der Waals surface area contributed by atoms with Crippen LogP contribution in [0.5, 0.6) is 11.5 Å². The summed E-state index contributed by atoms with van der Waals surface area (Å²) in [4.78, 5) is 11.3. The Bertz CT molecular complexity index is 1230. The van der Waals surface area contributed by atoms with Crippen molar-refractivity contribution in [2.24, 2.45) is 0 Å². The van der Waals surface area contributed by atoms with Crippen LogP contribution >= 0.6 is 0 Å². The number of carbonyl (C=O) groups is 1. The molecule has 3 aromatic carbocycles. The first-order valence-corrected chi connectivity index (χ1v) is 12.0. The van der Waals surface area contributed by atoms with Crippen molar-refractivity contribution in [2.45, 2.75) is 66.4 Å². The third kappa shape index (κ3) is 7.94. The van der Waals surface area contributed by atoms with E-state index in [1.54, 1.807) is 19.2 Å².